The number of halogens is 1. The van der Waals surface area contributed by atoms with E-state index in [9.17, 15) is 4.79 Å². The first-order valence-corrected chi connectivity index (χ1v) is 7.91. The third kappa shape index (κ3) is 3.78. The van der Waals surface area contributed by atoms with Crippen molar-refractivity contribution in [1.29, 1.82) is 0 Å². The minimum atomic E-state index is -0.0820. The second kappa shape index (κ2) is 6.82. The largest absolute Gasteiger partial charge is 0.346 e. The Morgan fingerprint density at radius 2 is 1.90 bits per heavy atom. The Kier molecular flexibility index (Phi) is 5.10. The molecule has 1 atom stereocenters. The molecule has 104 valence electrons. The van der Waals surface area contributed by atoms with E-state index in [1.54, 1.807) is 11.8 Å². The monoisotopic (exact) mass is 305 g/mol. The lowest BCUT2D eigenvalue weighted by Crippen LogP contribution is -2.26. The summed E-state index contributed by atoms with van der Waals surface area (Å²) in [5.74, 6) is -0.0786. The van der Waals surface area contributed by atoms with E-state index in [-0.39, 0.29) is 11.9 Å². The number of benzene rings is 2. The Balaban J connectivity index is 2.06. The molecule has 0 aliphatic carbocycles. The molecule has 0 saturated heterocycles. The van der Waals surface area contributed by atoms with E-state index in [0.717, 1.165) is 10.5 Å². The van der Waals surface area contributed by atoms with Crippen molar-refractivity contribution in [3.8, 4) is 0 Å². The predicted octanol–water partition coefficient (Wildman–Crippen LogP) is 4.55. The van der Waals surface area contributed by atoms with Crippen LogP contribution in [0.1, 0.15) is 28.9 Å². The van der Waals surface area contributed by atoms with Gasteiger partial charge in [-0.2, -0.15) is 0 Å². The molecule has 2 aromatic carbocycles. The summed E-state index contributed by atoms with van der Waals surface area (Å²) in [4.78, 5) is 13.3. The maximum Gasteiger partial charge on any atom is 0.251 e. The van der Waals surface area contributed by atoms with Gasteiger partial charge in [0.05, 0.1) is 6.04 Å². The molecule has 4 heteroatoms. The van der Waals surface area contributed by atoms with Crippen LogP contribution in [0, 0.1) is 0 Å². The first-order valence-electron chi connectivity index (χ1n) is 6.30. The molecule has 0 unspecified atom stereocenters. The fourth-order valence-corrected chi connectivity index (χ4v) is 2.49. The van der Waals surface area contributed by atoms with E-state index >= 15 is 0 Å². The second-order valence-electron chi connectivity index (χ2n) is 4.48. The molecule has 20 heavy (non-hydrogen) atoms. The van der Waals surface area contributed by atoms with Gasteiger partial charge in [-0.25, -0.2) is 0 Å². The van der Waals surface area contributed by atoms with E-state index in [0.29, 0.717) is 10.6 Å². The lowest BCUT2D eigenvalue weighted by Gasteiger charge is -2.14. The van der Waals surface area contributed by atoms with Gasteiger partial charge in [-0.05, 0) is 55.1 Å². The smallest absolute Gasteiger partial charge is 0.251 e. The van der Waals surface area contributed by atoms with Crippen LogP contribution in [0.15, 0.2) is 53.4 Å². The van der Waals surface area contributed by atoms with Crippen LogP contribution < -0.4 is 5.32 Å². The van der Waals surface area contributed by atoms with Crippen molar-refractivity contribution < 1.29 is 4.79 Å². The molecular weight excluding hydrogens is 290 g/mol. The summed E-state index contributed by atoms with van der Waals surface area (Å²) < 4.78 is 0. The second-order valence-corrected chi connectivity index (χ2v) is 5.79. The van der Waals surface area contributed by atoms with Crippen LogP contribution >= 0.6 is 23.4 Å². The summed E-state index contributed by atoms with van der Waals surface area (Å²) in [5, 5.41) is 3.65. The molecule has 0 radical (unpaired) electrons. The molecule has 0 bridgehead atoms. The van der Waals surface area contributed by atoms with Gasteiger partial charge in [0.1, 0.15) is 0 Å². The van der Waals surface area contributed by atoms with Crippen LogP contribution in [-0.4, -0.2) is 12.2 Å². The van der Waals surface area contributed by atoms with Gasteiger partial charge in [-0.3, -0.25) is 4.79 Å². The summed E-state index contributed by atoms with van der Waals surface area (Å²) in [6.07, 6.45) is 2.01. The molecule has 0 saturated carbocycles. The van der Waals surface area contributed by atoms with Crippen molar-refractivity contribution in [3.05, 3.63) is 64.7 Å². The Morgan fingerprint density at radius 3 is 2.50 bits per heavy atom. The zero-order chi connectivity index (χ0) is 14.5. The van der Waals surface area contributed by atoms with Crippen molar-refractivity contribution in [1.82, 2.24) is 5.32 Å². The molecule has 0 aliphatic heterocycles. The number of carbonyl (C=O) groups excluding carboxylic acids is 1. The minimum Gasteiger partial charge on any atom is -0.346 e. The Morgan fingerprint density at radius 1 is 1.20 bits per heavy atom. The molecule has 2 nitrogen and oxygen atoms in total. The van der Waals surface area contributed by atoms with Crippen LogP contribution in [0.2, 0.25) is 5.02 Å². The van der Waals surface area contributed by atoms with Gasteiger partial charge >= 0.3 is 0 Å². The van der Waals surface area contributed by atoms with Gasteiger partial charge in [0.15, 0.2) is 0 Å². The molecule has 2 rings (SSSR count). The van der Waals surface area contributed by atoms with Gasteiger partial charge < -0.3 is 5.32 Å². The quantitative estimate of drug-likeness (QED) is 0.839. The molecule has 0 fully saturated rings. The van der Waals surface area contributed by atoms with Crippen molar-refractivity contribution in [2.45, 2.75) is 17.9 Å². The Hall–Kier alpha value is -1.45. The lowest BCUT2D eigenvalue weighted by atomic mass is 10.1. The first-order chi connectivity index (χ1) is 9.60. The molecule has 1 amide bonds. The summed E-state index contributed by atoms with van der Waals surface area (Å²) >= 11 is 7.62. The minimum absolute atomic E-state index is 0.0786. The Labute approximate surface area is 128 Å². The third-order valence-electron chi connectivity index (χ3n) is 3.05. The summed E-state index contributed by atoms with van der Waals surface area (Å²) in [6.45, 7) is 1.94. The van der Waals surface area contributed by atoms with E-state index < -0.39 is 0 Å². The molecule has 0 aliphatic rings. The third-order valence-corrected chi connectivity index (χ3v) is 4.03. The van der Waals surface area contributed by atoms with E-state index in [2.05, 4.69) is 5.32 Å². The number of hydrogen-bond donors (Lipinski definition) is 1. The van der Waals surface area contributed by atoms with Gasteiger partial charge in [0, 0.05) is 15.5 Å². The maximum atomic E-state index is 12.2. The Bertz CT molecular complexity index is 598. The predicted molar refractivity (Wildman–Crippen MR) is 85.6 cm³/mol. The summed E-state index contributed by atoms with van der Waals surface area (Å²) in [7, 11) is 0. The van der Waals surface area contributed by atoms with Crippen LogP contribution in [0.5, 0.6) is 0 Å². The molecular formula is C16H16ClNOS. The molecule has 0 heterocycles. The fraction of sp³-hybridized carbons (Fsp3) is 0.188. The lowest BCUT2D eigenvalue weighted by molar-refractivity contribution is 0.0940. The van der Waals surface area contributed by atoms with E-state index in [1.807, 2.05) is 61.7 Å². The number of hydrogen-bond acceptors (Lipinski definition) is 2. The highest BCUT2D eigenvalue weighted by Gasteiger charge is 2.11. The van der Waals surface area contributed by atoms with Crippen LogP contribution in [0.25, 0.3) is 0 Å². The standard InChI is InChI=1S/C16H16ClNOS/c1-11(13-4-3-5-14(17)10-13)18-16(19)12-6-8-15(20-2)9-7-12/h3-11H,1-2H3,(H,18,19)/t11-/m1/s1. The van der Waals surface area contributed by atoms with Crippen molar-refractivity contribution in [2.24, 2.45) is 0 Å². The van der Waals surface area contributed by atoms with Gasteiger partial charge in [-0.15, -0.1) is 11.8 Å². The van der Waals surface area contributed by atoms with Crippen molar-refractivity contribution in [3.63, 3.8) is 0 Å². The zero-order valence-corrected chi connectivity index (χ0v) is 13.0. The first kappa shape index (κ1) is 14.9. The molecule has 0 aromatic heterocycles. The van der Waals surface area contributed by atoms with Crippen molar-refractivity contribution in [2.75, 3.05) is 6.26 Å². The SMILES string of the molecule is CSc1ccc(C(=O)N[C@H](C)c2cccc(Cl)c2)cc1. The van der Waals surface area contributed by atoms with Gasteiger partial charge in [0.2, 0.25) is 0 Å². The van der Waals surface area contributed by atoms with Gasteiger partial charge in [-0.1, -0.05) is 23.7 Å². The van der Waals surface area contributed by atoms with E-state index in [1.165, 1.54) is 0 Å². The average Bonchev–Trinajstić information content (AvgIpc) is 2.47. The van der Waals surface area contributed by atoms with Crippen LogP contribution in [-0.2, 0) is 0 Å². The molecule has 1 N–H and O–H groups in total. The number of rotatable bonds is 4. The zero-order valence-electron chi connectivity index (χ0n) is 11.4. The average molecular weight is 306 g/mol. The van der Waals surface area contributed by atoms with Gasteiger partial charge in [0.25, 0.3) is 5.91 Å². The summed E-state index contributed by atoms with van der Waals surface area (Å²) in [6, 6.07) is 15.0. The van der Waals surface area contributed by atoms with Crippen molar-refractivity contribution >= 4 is 29.3 Å². The van der Waals surface area contributed by atoms with E-state index in [4.69, 9.17) is 11.6 Å². The highest BCUT2D eigenvalue weighted by molar-refractivity contribution is 7.98. The number of thioether (sulfide) groups is 1. The fourth-order valence-electron chi connectivity index (χ4n) is 1.88. The van der Waals surface area contributed by atoms with Crippen LogP contribution in [0.3, 0.4) is 0 Å². The van der Waals surface area contributed by atoms with Crippen LogP contribution in [0.4, 0.5) is 0 Å². The highest BCUT2D eigenvalue weighted by atomic mass is 35.5. The normalized spacial score (nSPS) is 11.9. The highest BCUT2D eigenvalue weighted by Crippen LogP contribution is 2.19. The number of nitrogens with one attached hydrogen (secondary N) is 1. The molecule has 2 aromatic rings. The maximum absolute atomic E-state index is 12.2. The summed E-state index contributed by atoms with van der Waals surface area (Å²) in [5.41, 5.74) is 1.66. The molecule has 0 spiro atoms. The number of carbonyl (C=O) groups is 1. The number of amides is 1. The topological polar surface area (TPSA) is 29.1 Å².